The third-order valence-corrected chi connectivity index (χ3v) is 7.20. The molecule has 0 saturated heterocycles. The molecule has 3 heteroatoms. The minimum atomic E-state index is 0. The summed E-state index contributed by atoms with van der Waals surface area (Å²) in [4.78, 5) is 0. The first-order valence-electron chi connectivity index (χ1n) is 13.2. The topological polar surface area (TPSA) is 0 Å². The Hall–Kier alpha value is -2.83. The third kappa shape index (κ3) is 5.66. The van der Waals surface area contributed by atoms with Crippen LogP contribution in [0.15, 0.2) is 85.0 Å². The van der Waals surface area contributed by atoms with Crippen LogP contribution in [0.2, 0.25) is 0 Å². The van der Waals surface area contributed by atoms with E-state index >= 15 is 0 Å². The molecule has 0 heterocycles. The Kier molecular flexibility index (Phi) is 9.96. The van der Waals surface area contributed by atoms with Gasteiger partial charge in [-0.05, 0) is 23.6 Å². The van der Waals surface area contributed by atoms with Gasteiger partial charge in [0.2, 0.25) is 0 Å². The van der Waals surface area contributed by atoms with Crippen LogP contribution in [-0.2, 0) is 37.1 Å². The fourth-order valence-corrected chi connectivity index (χ4v) is 5.69. The smallest absolute Gasteiger partial charge is 0.0296 e. The zero-order valence-electron chi connectivity index (χ0n) is 22.6. The van der Waals surface area contributed by atoms with Gasteiger partial charge in [0.15, 0.2) is 0 Å². The monoisotopic (exact) mass is 632 g/mol. The van der Waals surface area contributed by atoms with E-state index in [9.17, 15) is 0 Å². The molecular formula is C37H28Cl2Zr-2. The number of hydrogen-bond donors (Lipinski definition) is 0. The molecule has 4 aliphatic rings. The van der Waals surface area contributed by atoms with Crippen molar-refractivity contribution in [3.05, 3.63) is 140 Å². The first-order valence-corrected chi connectivity index (χ1v) is 14.4. The van der Waals surface area contributed by atoms with Crippen LogP contribution in [0.1, 0.15) is 36.1 Å². The van der Waals surface area contributed by atoms with Crippen molar-refractivity contribution in [3.8, 4) is 0 Å². The van der Waals surface area contributed by atoms with Crippen LogP contribution in [0.3, 0.4) is 0 Å². The second-order valence-corrected chi connectivity index (χ2v) is 12.5. The van der Waals surface area contributed by atoms with Gasteiger partial charge in [-0.25, -0.2) is 0 Å². The molecule has 0 radical (unpaired) electrons. The molecule has 4 aromatic rings. The van der Waals surface area contributed by atoms with Crippen molar-refractivity contribution in [2.45, 2.75) is 26.7 Å². The summed E-state index contributed by atoms with van der Waals surface area (Å²) in [5.74, 6) is 0. The first-order chi connectivity index (χ1) is 18.6. The fourth-order valence-electron chi connectivity index (χ4n) is 5.69. The summed E-state index contributed by atoms with van der Waals surface area (Å²) in [6.45, 7) is 4.25. The zero-order chi connectivity index (χ0) is 26.1. The van der Waals surface area contributed by atoms with Gasteiger partial charge in [-0.2, -0.15) is 24.3 Å². The summed E-state index contributed by atoms with van der Waals surface area (Å²) >= 11 is 1.55. The Morgan fingerprint density at radius 2 is 0.925 bits per heavy atom. The number of benzene rings is 4. The van der Waals surface area contributed by atoms with Gasteiger partial charge < -0.3 is 24.8 Å². The number of allylic oxidation sites excluding steroid dienone is 6. The van der Waals surface area contributed by atoms with E-state index in [-0.39, 0.29) is 24.8 Å². The predicted octanol–water partition coefficient (Wildman–Crippen LogP) is -0.778. The molecule has 0 unspecified atom stereocenters. The van der Waals surface area contributed by atoms with Crippen molar-refractivity contribution in [2.75, 3.05) is 0 Å². The van der Waals surface area contributed by atoms with Crippen molar-refractivity contribution in [3.63, 3.8) is 0 Å². The molecule has 0 saturated carbocycles. The van der Waals surface area contributed by atoms with Gasteiger partial charge in [-0.15, -0.1) is 44.8 Å². The summed E-state index contributed by atoms with van der Waals surface area (Å²) in [6.07, 6.45) is 30.4. The second kappa shape index (κ2) is 13.2. The molecule has 0 bridgehead atoms. The Morgan fingerprint density at radius 3 is 1.30 bits per heavy atom. The van der Waals surface area contributed by atoms with Crippen molar-refractivity contribution in [1.82, 2.24) is 0 Å². The summed E-state index contributed by atoms with van der Waals surface area (Å²) in [5.41, 5.74) is 5.43. The average molecular weight is 635 g/mol. The average Bonchev–Trinajstić information content (AvgIpc) is 3.65. The molecule has 4 aromatic carbocycles. The molecule has 0 aliphatic heterocycles. The molecule has 0 fully saturated rings. The summed E-state index contributed by atoms with van der Waals surface area (Å²) < 4.78 is 1.51. The largest absolute Gasteiger partial charge is 1.00 e. The second-order valence-electron chi connectivity index (χ2n) is 10.0. The Morgan fingerprint density at radius 1 is 0.575 bits per heavy atom. The van der Waals surface area contributed by atoms with E-state index in [4.69, 9.17) is 0 Å². The number of fused-ring (bicyclic) bond motifs is 12. The summed E-state index contributed by atoms with van der Waals surface area (Å²) in [6, 6.07) is 17.3. The van der Waals surface area contributed by atoms with Crippen LogP contribution in [0.25, 0.3) is 45.8 Å². The summed E-state index contributed by atoms with van der Waals surface area (Å²) in [7, 11) is 0. The standard InChI is InChI=1S/2C17H11.C3H6.2ClH.Zr/c2*1-3-8-14-12(6-1)13-7-2-4-9-15(13)17-11-5-10-16(14)17;1-3-2;;;/h2*1-8,10H,9H2;1-2H3;2*1H;/q2*-1;;;;+2/p-2. The molecule has 196 valence electrons. The van der Waals surface area contributed by atoms with Crippen LogP contribution in [0, 0.1) is 12.2 Å². The van der Waals surface area contributed by atoms with E-state index in [2.05, 4.69) is 123 Å². The van der Waals surface area contributed by atoms with Crippen LogP contribution >= 0.6 is 0 Å². The maximum absolute atomic E-state index is 3.39. The normalized spacial score (nSPS) is 13.7. The van der Waals surface area contributed by atoms with Gasteiger partial charge in [0.1, 0.15) is 0 Å². The van der Waals surface area contributed by atoms with E-state index in [1.807, 2.05) is 12.2 Å². The van der Waals surface area contributed by atoms with E-state index in [1.54, 1.807) is 24.2 Å². The minimum absolute atomic E-state index is 0. The molecule has 0 amide bonds. The van der Waals surface area contributed by atoms with Crippen molar-refractivity contribution >= 4 is 49.1 Å². The molecule has 0 nitrogen and oxygen atoms in total. The van der Waals surface area contributed by atoms with Crippen molar-refractivity contribution < 1.29 is 49.0 Å². The van der Waals surface area contributed by atoms with Gasteiger partial charge in [-0.3, -0.25) is 0 Å². The van der Waals surface area contributed by atoms with Crippen LogP contribution in [-0.4, -0.2) is 3.21 Å². The van der Waals surface area contributed by atoms with E-state index in [0.29, 0.717) is 0 Å². The van der Waals surface area contributed by atoms with E-state index in [1.165, 1.54) is 67.9 Å². The molecule has 0 aromatic heterocycles. The van der Waals surface area contributed by atoms with Crippen LogP contribution in [0.5, 0.6) is 0 Å². The maximum atomic E-state index is 3.39. The minimum Gasteiger partial charge on any atom is -1.00 e. The van der Waals surface area contributed by atoms with E-state index < -0.39 is 0 Å². The van der Waals surface area contributed by atoms with Crippen molar-refractivity contribution in [2.24, 2.45) is 0 Å². The van der Waals surface area contributed by atoms with Crippen LogP contribution < -0.4 is 45.7 Å². The van der Waals surface area contributed by atoms with E-state index in [0.717, 1.165) is 12.8 Å². The van der Waals surface area contributed by atoms with Gasteiger partial charge in [0.25, 0.3) is 0 Å². The van der Waals surface area contributed by atoms with Gasteiger partial charge in [-0.1, -0.05) is 106 Å². The molecule has 0 atom stereocenters. The number of halogens is 2. The van der Waals surface area contributed by atoms with Gasteiger partial charge in [0.05, 0.1) is 0 Å². The number of hydrogen-bond acceptors (Lipinski definition) is 0. The molecule has 40 heavy (non-hydrogen) atoms. The Labute approximate surface area is 263 Å². The van der Waals surface area contributed by atoms with Crippen LogP contribution in [0.4, 0.5) is 0 Å². The molecular weight excluding hydrogens is 607 g/mol. The quantitative estimate of drug-likeness (QED) is 0.223. The van der Waals surface area contributed by atoms with Gasteiger partial charge >= 0.3 is 41.3 Å². The molecule has 4 aliphatic carbocycles. The Balaban J connectivity index is 0.000000157. The third-order valence-electron chi connectivity index (χ3n) is 7.20. The Bertz CT molecular complexity index is 1860. The molecule has 8 rings (SSSR count). The number of rotatable bonds is 0. The van der Waals surface area contributed by atoms with Crippen molar-refractivity contribution in [1.29, 1.82) is 0 Å². The fraction of sp³-hybridized carbons (Fsp3) is 0.108. The maximum Gasteiger partial charge on any atom is -0.0296 e. The van der Waals surface area contributed by atoms with Gasteiger partial charge in [0, 0.05) is 0 Å². The SMILES string of the molecule is C[C](C)=[Zr+2].[C-]1=CC=c2c1c1c(c3ccccc23)=CC=CC1.[C-]1=CC=c2c1c1c(c3ccccc23)=CC=CC1.[Cl-].[Cl-]. The summed E-state index contributed by atoms with van der Waals surface area (Å²) in [5, 5.41) is 10.8. The zero-order valence-corrected chi connectivity index (χ0v) is 26.5. The predicted molar refractivity (Wildman–Crippen MR) is 160 cm³/mol. The first kappa shape index (κ1) is 30.1. The molecule has 0 spiro atoms. The molecule has 0 N–H and O–H groups in total.